The van der Waals surface area contributed by atoms with Gasteiger partial charge in [0.05, 0.1) is 13.2 Å². The predicted octanol–water partition coefficient (Wildman–Crippen LogP) is 37.5. The second kappa shape index (κ2) is 57.4. The summed E-state index contributed by atoms with van der Waals surface area (Å²) in [5, 5.41) is 23.6. The van der Waals surface area contributed by atoms with Crippen molar-refractivity contribution in [2.75, 3.05) is 13.2 Å². The number of thiophene rings is 8. The van der Waals surface area contributed by atoms with Crippen LogP contribution in [0.5, 0.6) is 0 Å². The molecule has 1 aromatic carbocycles. The molecule has 0 aliphatic heterocycles. The van der Waals surface area contributed by atoms with Crippen LogP contribution in [0, 0.1) is 22.7 Å². The standard InChI is InChI=1S/C106H148N2O4S8/c1-9-17-25-33-41-49-57-79-65-89(67-87(77-107)105(109)111-63-55-47-39-31-23-15-7)113-99(79)95-69-83(61-53-45-37-29-21-13-5)103(117-95)97-71-81(59-51-43-35-27-19-11-3)101(119-97)93-75-85-73-92-86(74-91(85)115-93)76-94(116-92)102-82(60-52-44-36-28-20-12-4)72-98(120-102)104-84(62-54-46-38-30-22-14-6)70-96(118-104)100-80(58-50-42-34-26-18-10-2)66-90(114-100)68-88(78-108)106(110)112-64-56-48-40-32-24-16-8/h65-76H,9-64H2,1-8H3/b87-67+,88-68+. The summed E-state index contributed by atoms with van der Waals surface area (Å²) >= 11 is 15.5. The van der Waals surface area contributed by atoms with E-state index in [1.807, 2.05) is 80.2 Å². The Morgan fingerprint density at radius 2 is 0.467 bits per heavy atom. The summed E-state index contributed by atoms with van der Waals surface area (Å²) in [5.74, 6) is -1.02. The molecular formula is C106H148N2O4S8. The first-order valence-electron chi connectivity index (χ1n) is 48.3. The number of benzene rings is 1. The number of rotatable bonds is 66. The van der Waals surface area contributed by atoms with Crippen molar-refractivity contribution >= 4 is 135 Å². The maximum Gasteiger partial charge on any atom is 0.348 e. The lowest BCUT2D eigenvalue weighted by molar-refractivity contribution is -0.139. The zero-order valence-corrected chi connectivity index (χ0v) is 81.9. The van der Waals surface area contributed by atoms with Gasteiger partial charge in [0.25, 0.3) is 0 Å². The minimum atomic E-state index is -0.508. The molecule has 0 bridgehead atoms. The number of nitrogens with zero attached hydrogens (tertiary/aromatic N) is 2. The Morgan fingerprint density at radius 1 is 0.258 bits per heavy atom. The molecule has 8 aromatic heterocycles. The molecule has 0 spiro atoms. The average molecular weight is 1770 g/mol. The van der Waals surface area contributed by atoms with Gasteiger partial charge in [-0.05, 0) is 207 Å². The first-order valence-corrected chi connectivity index (χ1v) is 54.8. The highest BCUT2D eigenvalue weighted by atomic mass is 32.1. The second-order valence-electron chi connectivity index (χ2n) is 34.3. The van der Waals surface area contributed by atoms with Gasteiger partial charge in [-0.1, -0.05) is 312 Å². The van der Waals surface area contributed by atoms with Crippen molar-refractivity contribution in [1.29, 1.82) is 10.5 Å². The Balaban J connectivity index is 1.08. The van der Waals surface area contributed by atoms with E-state index in [0.717, 1.165) is 99.6 Å². The van der Waals surface area contributed by atoms with Crippen LogP contribution in [0.25, 0.3) is 90.9 Å². The largest absolute Gasteiger partial charge is 0.462 e. The Morgan fingerprint density at radius 3 is 0.708 bits per heavy atom. The third kappa shape index (κ3) is 32.3. The van der Waals surface area contributed by atoms with Gasteiger partial charge in [-0.2, -0.15) is 10.5 Å². The highest BCUT2D eigenvalue weighted by Crippen LogP contribution is 2.53. The number of unbranched alkanes of at least 4 members (excludes halogenated alkanes) is 40. The van der Waals surface area contributed by atoms with Crippen molar-refractivity contribution in [1.82, 2.24) is 0 Å². The Bertz CT molecular complexity index is 4250. The highest BCUT2D eigenvalue weighted by molar-refractivity contribution is 7.31. The Hall–Kier alpha value is -5.26. The molecule has 14 heteroatoms. The van der Waals surface area contributed by atoms with E-state index in [-0.39, 0.29) is 11.1 Å². The van der Waals surface area contributed by atoms with Crippen LogP contribution in [0.3, 0.4) is 0 Å². The number of ether oxygens (including phenoxy) is 2. The fourth-order valence-corrected chi connectivity index (χ4v) is 26.9. The van der Waals surface area contributed by atoms with Crippen molar-refractivity contribution in [3.05, 3.63) is 115 Å². The van der Waals surface area contributed by atoms with Gasteiger partial charge in [-0.15, -0.1) is 90.7 Å². The number of carbonyl (C=O) groups excluding carboxylic acids is 2. The quantitative estimate of drug-likeness (QED) is 0.0163. The van der Waals surface area contributed by atoms with Crippen molar-refractivity contribution in [3.8, 4) is 70.7 Å². The number of aryl methyl sites for hydroxylation is 6. The average Bonchev–Trinajstić information content (AvgIpc) is 1.61. The van der Waals surface area contributed by atoms with E-state index in [1.165, 1.54) is 369 Å². The van der Waals surface area contributed by atoms with Crippen molar-refractivity contribution in [2.45, 2.75) is 402 Å². The summed E-state index contributed by atoms with van der Waals surface area (Å²) < 4.78 is 14.2. The monoisotopic (exact) mass is 1770 g/mol. The fourth-order valence-electron chi connectivity index (χ4n) is 16.7. The first kappa shape index (κ1) is 98.5. The molecule has 0 fully saturated rings. The van der Waals surface area contributed by atoms with Crippen LogP contribution in [0.15, 0.2) is 71.8 Å². The molecule has 0 atom stereocenters. The zero-order valence-electron chi connectivity index (χ0n) is 75.3. The van der Waals surface area contributed by atoms with Crippen LogP contribution in [-0.2, 0) is 57.6 Å². The van der Waals surface area contributed by atoms with E-state index in [2.05, 4.69) is 128 Å². The number of nitriles is 2. The molecule has 654 valence electrons. The van der Waals surface area contributed by atoms with Gasteiger partial charge in [0.1, 0.15) is 23.3 Å². The van der Waals surface area contributed by atoms with Crippen molar-refractivity contribution in [3.63, 3.8) is 0 Å². The molecule has 0 unspecified atom stereocenters. The van der Waals surface area contributed by atoms with Crippen LogP contribution >= 0.6 is 90.7 Å². The van der Waals surface area contributed by atoms with Crippen LogP contribution in [-0.4, -0.2) is 25.2 Å². The van der Waals surface area contributed by atoms with Gasteiger partial charge in [0.2, 0.25) is 0 Å². The van der Waals surface area contributed by atoms with E-state index < -0.39 is 11.9 Å². The Labute approximate surface area is 758 Å². The molecule has 9 rings (SSSR count). The topological polar surface area (TPSA) is 100 Å². The van der Waals surface area contributed by atoms with E-state index in [1.54, 1.807) is 22.7 Å². The summed E-state index contributed by atoms with van der Waals surface area (Å²) in [7, 11) is 0. The number of hydrogen-bond donors (Lipinski definition) is 0. The SMILES string of the molecule is CCCCCCCCOC(=O)/C(C#N)=C/c1cc(CCCCCCCC)c(-c2cc(CCCCCCCC)c(-c3cc(CCCCCCCC)c(-c4cc5cc6sc(-c7sc(-c8sc(-c9sc(/C=C(\C#N)C(=O)OCCCCCCCC)cc9CCCCCCCC)cc8CCCCCCCC)cc7CCCCCCCC)cc6cc5s4)s3)s2)s1. The summed E-state index contributed by atoms with van der Waals surface area (Å²) in [6, 6.07) is 29.5. The minimum absolute atomic E-state index is 0.0874. The number of hydrogen-bond acceptors (Lipinski definition) is 14. The van der Waals surface area contributed by atoms with Crippen LogP contribution in [0.4, 0.5) is 0 Å². The summed E-state index contributed by atoms with van der Waals surface area (Å²) in [4.78, 5) is 45.5. The van der Waals surface area contributed by atoms with Gasteiger partial charge in [-0.25, -0.2) is 9.59 Å². The maximum absolute atomic E-state index is 13.5. The molecule has 6 nitrogen and oxygen atoms in total. The number of esters is 2. The van der Waals surface area contributed by atoms with E-state index >= 15 is 0 Å². The molecule has 0 N–H and O–H groups in total. The minimum Gasteiger partial charge on any atom is -0.462 e. The second-order valence-corrected chi connectivity index (χ2v) is 42.8. The summed E-state index contributed by atoms with van der Waals surface area (Å²) in [6.45, 7) is 19.0. The molecular weight excluding hydrogens is 1620 g/mol. The van der Waals surface area contributed by atoms with Crippen LogP contribution in [0.1, 0.15) is 407 Å². The normalized spacial score (nSPS) is 12.0. The molecule has 0 aliphatic rings. The summed E-state index contributed by atoms with van der Waals surface area (Å²) in [5.41, 5.74) is 8.76. The third-order valence-electron chi connectivity index (χ3n) is 23.9. The molecule has 8 heterocycles. The highest BCUT2D eigenvalue weighted by Gasteiger charge is 2.26. The van der Waals surface area contributed by atoms with Crippen molar-refractivity contribution in [2.24, 2.45) is 0 Å². The van der Waals surface area contributed by atoms with Gasteiger partial charge < -0.3 is 9.47 Å². The van der Waals surface area contributed by atoms with Gasteiger partial charge >= 0.3 is 11.9 Å². The molecule has 0 saturated carbocycles. The lowest BCUT2D eigenvalue weighted by Gasteiger charge is -2.03. The molecule has 0 amide bonds. The molecule has 0 aliphatic carbocycles. The summed E-state index contributed by atoms with van der Waals surface area (Å²) in [6.07, 6.45) is 68.2. The molecule has 0 radical (unpaired) electrons. The van der Waals surface area contributed by atoms with Crippen LogP contribution in [0.2, 0.25) is 0 Å². The fraction of sp³-hybridized carbons (Fsp3) is 0.604. The van der Waals surface area contributed by atoms with E-state index in [9.17, 15) is 20.1 Å². The van der Waals surface area contributed by atoms with E-state index in [0.29, 0.717) is 13.2 Å². The lowest BCUT2D eigenvalue weighted by atomic mass is 10.0. The van der Waals surface area contributed by atoms with Crippen molar-refractivity contribution < 1.29 is 19.1 Å². The van der Waals surface area contributed by atoms with Gasteiger partial charge in [0.15, 0.2) is 0 Å². The molecule has 120 heavy (non-hydrogen) atoms. The zero-order chi connectivity index (χ0) is 84.7. The van der Waals surface area contributed by atoms with Crippen LogP contribution < -0.4 is 0 Å². The smallest absolute Gasteiger partial charge is 0.348 e. The number of carbonyl (C=O) groups is 2. The first-order chi connectivity index (χ1) is 59.0. The van der Waals surface area contributed by atoms with Gasteiger partial charge in [0, 0.05) is 77.7 Å². The number of fused-ring (bicyclic) bond motifs is 2. The van der Waals surface area contributed by atoms with Gasteiger partial charge in [-0.3, -0.25) is 0 Å². The lowest BCUT2D eigenvalue weighted by Crippen LogP contribution is -2.07. The maximum atomic E-state index is 13.5. The predicted molar refractivity (Wildman–Crippen MR) is 535 cm³/mol. The Kier molecular flexibility index (Phi) is 47.1. The molecule has 9 aromatic rings. The third-order valence-corrected chi connectivity index (χ3v) is 34.1. The van der Waals surface area contributed by atoms with E-state index in [4.69, 9.17) is 9.47 Å². The molecule has 0 saturated heterocycles.